The van der Waals surface area contributed by atoms with Gasteiger partial charge in [0.15, 0.2) is 0 Å². The minimum atomic E-state index is -3.09. The number of hydrogen-bond donors (Lipinski definition) is 0. The Morgan fingerprint density at radius 3 is 2.91 bits per heavy atom. The molecule has 23 heavy (non-hydrogen) atoms. The van der Waals surface area contributed by atoms with Crippen molar-refractivity contribution in [2.75, 3.05) is 23.7 Å². The minimum absolute atomic E-state index is 0.383. The molecule has 128 valence electrons. The van der Waals surface area contributed by atoms with Crippen LogP contribution in [0.3, 0.4) is 0 Å². The number of halogens is 2. The Bertz CT molecular complexity index is 545. The molecule has 0 spiro atoms. The molecule has 0 aliphatic carbocycles. The third kappa shape index (κ3) is 4.95. The van der Waals surface area contributed by atoms with E-state index in [-0.39, 0.29) is 5.75 Å². The van der Waals surface area contributed by atoms with Gasteiger partial charge in [-0.25, -0.2) is 0 Å². The SMILES string of the molecule is CCSC1CCCCN(c2ccc([N+](=O)[O-])c(OC(F)F)c2)C1. The van der Waals surface area contributed by atoms with Crippen LogP contribution in [0.5, 0.6) is 5.75 Å². The summed E-state index contributed by atoms with van der Waals surface area (Å²) in [5, 5.41) is 11.4. The van der Waals surface area contributed by atoms with Gasteiger partial charge < -0.3 is 9.64 Å². The molecule has 2 rings (SSSR count). The second-order valence-corrected chi connectivity index (χ2v) is 6.88. The highest BCUT2D eigenvalue weighted by molar-refractivity contribution is 7.99. The van der Waals surface area contributed by atoms with Crippen LogP contribution in [-0.4, -0.2) is 35.6 Å². The van der Waals surface area contributed by atoms with Gasteiger partial charge in [-0.1, -0.05) is 13.3 Å². The van der Waals surface area contributed by atoms with E-state index in [1.54, 1.807) is 6.07 Å². The fraction of sp³-hybridized carbons (Fsp3) is 0.600. The van der Waals surface area contributed by atoms with E-state index in [0.29, 0.717) is 10.9 Å². The topological polar surface area (TPSA) is 55.6 Å². The van der Waals surface area contributed by atoms with E-state index in [1.807, 2.05) is 11.8 Å². The summed E-state index contributed by atoms with van der Waals surface area (Å²) < 4.78 is 29.3. The van der Waals surface area contributed by atoms with Gasteiger partial charge >= 0.3 is 12.3 Å². The number of ether oxygens (including phenoxy) is 1. The monoisotopic (exact) mass is 346 g/mol. The summed E-state index contributed by atoms with van der Waals surface area (Å²) in [6.45, 7) is 0.647. The molecule has 0 bridgehead atoms. The quantitative estimate of drug-likeness (QED) is 0.567. The van der Waals surface area contributed by atoms with Gasteiger partial charge in [0.05, 0.1) is 4.92 Å². The second-order valence-electron chi connectivity index (χ2n) is 5.31. The van der Waals surface area contributed by atoms with Crippen molar-refractivity contribution in [2.24, 2.45) is 0 Å². The zero-order chi connectivity index (χ0) is 16.8. The Morgan fingerprint density at radius 1 is 1.48 bits per heavy atom. The van der Waals surface area contributed by atoms with Crippen LogP contribution in [0.4, 0.5) is 20.2 Å². The predicted molar refractivity (Wildman–Crippen MR) is 87.7 cm³/mol. The van der Waals surface area contributed by atoms with Crippen LogP contribution in [-0.2, 0) is 0 Å². The summed E-state index contributed by atoms with van der Waals surface area (Å²) >= 11 is 1.89. The number of nitro benzene ring substituents is 1. The first kappa shape index (κ1) is 17.8. The lowest BCUT2D eigenvalue weighted by Gasteiger charge is -2.26. The third-order valence-corrected chi connectivity index (χ3v) is 4.94. The third-order valence-electron chi connectivity index (χ3n) is 3.75. The van der Waals surface area contributed by atoms with Crippen LogP contribution in [0, 0.1) is 10.1 Å². The summed E-state index contributed by atoms with van der Waals surface area (Å²) in [5.74, 6) is 0.643. The van der Waals surface area contributed by atoms with Crippen molar-refractivity contribution in [3.8, 4) is 5.75 Å². The number of rotatable bonds is 6. The van der Waals surface area contributed by atoms with Gasteiger partial charge in [0.1, 0.15) is 0 Å². The molecular formula is C15H20F2N2O3S. The normalized spacial score (nSPS) is 18.8. The zero-order valence-electron chi connectivity index (χ0n) is 12.9. The van der Waals surface area contributed by atoms with Crippen LogP contribution in [0.15, 0.2) is 18.2 Å². The zero-order valence-corrected chi connectivity index (χ0v) is 13.7. The average Bonchev–Trinajstić information content (AvgIpc) is 2.72. The molecule has 1 saturated heterocycles. The Hall–Kier alpha value is -1.57. The maximum Gasteiger partial charge on any atom is 0.387 e. The first-order valence-corrected chi connectivity index (χ1v) is 8.66. The van der Waals surface area contributed by atoms with Gasteiger partial charge in [0.2, 0.25) is 5.75 Å². The van der Waals surface area contributed by atoms with Crippen LogP contribution in [0.25, 0.3) is 0 Å². The van der Waals surface area contributed by atoms with Gasteiger partial charge in [0, 0.05) is 36.2 Å². The Kier molecular flexibility index (Phi) is 6.44. The van der Waals surface area contributed by atoms with Crippen LogP contribution in [0.1, 0.15) is 26.2 Å². The summed E-state index contributed by atoms with van der Waals surface area (Å²) in [7, 11) is 0. The van der Waals surface area contributed by atoms with Crippen molar-refractivity contribution in [2.45, 2.75) is 38.0 Å². The van der Waals surface area contributed by atoms with Crippen LogP contribution >= 0.6 is 11.8 Å². The first-order valence-electron chi connectivity index (χ1n) is 7.61. The van der Waals surface area contributed by atoms with Gasteiger partial charge in [-0.2, -0.15) is 20.5 Å². The van der Waals surface area contributed by atoms with E-state index in [1.165, 1.54) is 12.1 Å². The molecule has 1 atom stereocenters. The highest BCUT2D eigenvalue weighted by Gasteiger charge is 2.23. The van der Waals surface area contributed by atoms with Crippen LogP contribution < -0.4 is 9.64 Å². The Balaban J connectivity index is 2.25. The predicted octanol–water partition coefficient (Wildman–Crippen LogP) is 4.31. The number of thioether (sulfide) groups is 1. The fourth-order valence-corrected chi connectivity index (χ4v) is 3.84. The van der Waals surface area contributed by atoms with Crippen molar-refractivity contribution in [1.82, 2.24) is 0 Å². The van der Waals surface area contributed by atoms with E-state index >= 15 is 0 Å². The second kappa shape index (κ2) is 8.33. The summed E-state index contributed by atoms with van der Waals surface area (Å²) in [4.78, 5) is 12.3. The van der Waals surface area contributed by atoms with Crippen molar-refractivity contribution in [3.63, 3.8) is 0 Å². The molecule has 0 saturated carbocycles. The fourth-order valence-electron chi connectivity index (χ4n) is 2.75. The molecule has 1 unspecified atom stereocenters. The molecule has 1 aliphatic rings. The molecule has 1 aliphatic heterocycles. The van der Waals surface area contributed by atoms with Crippen molar-refractivity contribution in [1.29, 1.82) is 0 Å². The molecule has 0 aromatic heterocycles. The lowest BCUT2D eigenvalue weighted by molar-refractivity contribution is -0.386. The molecular weight excluding hydrogens is 326 g/mol. The molecule has 0 N–H and O–H groups in total. The standard InChI is InChI=1S/C15H20F2N2O3S/c1-2-23-12-5-3-4-8-18(10-12)11-6-7-13(19(20)21)14(9-11)22-15(16)17/h6-7,9,12,15H,2-5,8,10H2,1H3. The molecule has 1 heterocycles. The lowest BCUT2D eigenvalue weighted by Crippen LogP contribution is -2.29. The number of nitrogens with zero attached hydrogens (tertiary/aromatic N) is 2. The lowest BCUT2D eigenvalue weighted by atomic mass is 10.2. The number of alkyl halides is 2. The van der Waals surface area contributed by atoms with Gasteiger partial charge in [-0.15, -0.1) is 0 Å². The Labute approximate surface area is 138 Å². The van der Waals surface area contributed by atoms with E-state index in [9.17, 15) is 18.9 Å². The van der Waals surface area contributed by atoms with Crippen LogP contribution in [0.2, 0.25) is 0 Å². The summed E-state index contributed by atoms with van der Waals surface area (Å²) in [5.41, 5.74) is 0.248. The number of nitro groups is 1. The number of hydrogen-bond acceptors (Lipinski definition) is 5. The smallest absolute Gasteiger partial charge is 0.387 e. The highest BCUT2D eigenvalue weighted by Crippen LogP contribution is 2.34. The largest absolute Gasteiger partial charge is 0.427 e. The maximum atomic E-state index is 12.5. The maximum absolute atomic E-state index is 12.5. The van der Waals surface area contributed by atoms with Gasteiger partial charge in [-0.3, -0.25) is 10.1 Å². The minimum Gasteiger partial charge on any atom is -0.427 e. The number of anilines is 1. The van der Waals surface area contributed by atoms with Crippen molar-refractivity contribution >= 4 is 23.1 Å². The summed E-state index contributed by atoms with van der Waals surface area (Å²) in [6.07, 6.45) is 3.27. The van der Waals surface area contributed by atoms with Crippen molar-refractivity contribution in [3.05, 3.63) is 28.3 Å². The van der Waals surface area contributed by atoms with E-state index in [2.05, 4.69) is 16.6 Å². The van der Waals surface area contributed by atoms with E-state index in [0.717, 1.165) is 38.1 Å². The van der Waals surface area contributed by atoms with E-state index < -0.39 is 17.2 Å². The average molecular weight is 346 g/mol. The molecule has 5 nitrogen and oxygen atoms in total. The molecule has 0 amide bonds. The molecule has 1 fully saturated rings. The molecule has 1 aromatic rings. The molecule has 8 heteroatoms. The van der Waals surface area contributed by atoms with Crippen molar-refractivity contribution < 1.29 is 18.4 Å². The number of benzene rings is 1. The molecule has 0 radical (unpaired) electrons. The van der Waals surface area contributed by atoms with Gasteiger partial charge in [-0.05, 0) is 24.7 Å². The molecule has 1 aromatic carbocycles. The van der Waals surface area contributed by atoms with E-state index in [4.69, 9.17) is 0 Å². The summed E-state index contributed by atoms with van der Waals surface area (Å²) in [6, 6.07) is 4.19. The van der Waals surface area contributed by atoms with Gasteiger partial charge in [0.25, 0.3) is 0 Å². The first-order chi connectivity index (χ1) is 11.0. The highest BCUT2D eigenvalue weighted by atomic mass is 32.2. The Morgan fingerprint density at radius 2 is 2.26 bits per heavy atom.